The van der Waals surface area contributed by atoms with Crippen molar-refractivity contribution in [3.05, 3.63) is 29.8 Å². The highest BCUT2D eigenvalue weighted by Gasteiger charge is 2.33. The van der Waals surface area contributed by atoms with Crippen molar-refractivity contribution in [2.45, 2.75) is 25.9 Å². The van der Waals surface area contributed by atoms with E-state index in [0.29, 0.717) is 24.6 Å². The van der Waals surface area contributed by atoms with Gasteiger partial charge in [0.1, 0.15) is 6.04 Å². The van der Waals surface area contributed by atoms with Crippen LogP contribution in [0.1, 0.15) is 18.9 Å². The number of thioether (sulfide) groups is 1. The lowest BCUT2D eigenvalue weighted by atomic mass is 10.2. The third-order valence-electron chi connectivity index (χ3n) is 3.73. The Hall–Kier alpha value is -1.69. The summed E-state index contributed by atoms with van der Waals surface area (Å²) in [5, 5.41) is 2.94. The third-order valence-corrected chi connectivity index (χ3v) is 4.74. The van der Waals surface area contributed by atoms with E-state index in [1.54, 1.807) is 16.7 Å². The van der Waals surface area contributed by atoms with Crippen molar-refractivity contribution in [3.63, 3.8) is 0 Å². The monoisotopic (exact) mass is 321 g/mol. The maximum Gasteiger partial charge on any atom is 0.243 e. The van der Waals surface area contributed by atoms with Crippen LogP contribution >= 0.6 is 11.8 Å². The Morgan fingerprint density at radius 1 is 1.32 bits per heavy atom. The molecule has 1 atom stereocenters. The quantitative estimate of drug-likeness (QED) is 0.896. The second-order valence-electron chi connectivity index (χ2n) is 5.51. The number of nitrogens with one attached hydrogen (secondary N) is 1. The standard InChI is InChI=1S/C16H23N3O2S/c1-4-15(20)19-11-22-10-14(19)16(21)17-9-12-5-7-13(8-6-12)18(2)3/h5-8,14H,4,9-11H2,1-3H3,(H,17,21)/t14-/m1/s1. The molecule has 0 aliphatic carbocycles. The van der Waals surface area contributed by atoms with Gasteiger partial charge in [-0.2, -0.15) is 0 Å². The van der Waals surface area contributed by atoms with E-state index in [1.807, 2.05) is 50.2 Å². The summed E-state index contributed by atoms with van der Waals surface area (Å²) >= 11 is 1.63. The van der Waals surface area contributed by atoms with E-state index in [-0.39, 0.29) is 17.9 Å². The molecule has 2 rings (SSSR count). The zero-order valence-electron chi connectivity index (χ0n) is 13.3. The molecule has 1 heterocycles. The van der Waals surface area contributed by atoms with Crippen LogP contribution < -0.4 is 10.2 Å². The van der Waals surface area contributed by atoms with E-state index in [4.69, 9.17) is 0 Å². The average Bonchev–Trinajstić information content (AvgIpc) is 3.01. The molecule has 1 N–H and O–H groups in total. The Morgan fingerprint density at radius 3 is 2.59 bits per heavy atom. The summed E-state index contributed by atoms with van der Waals surface area (Å²) in [4.78, 5) is 27.8. The molecule has 0 aromatic heterocycles. The van der Waals surface area contributed by atoms with Crippen molar-refractivity contribution < 1.29 is 9.59 Å². The van der Waals surface area contributed by atoms with Crippen LogP contribution in [0, 0.1) is 0 Å². The lowest BCUT2D eigenvalue weighted by Gasteiger charge is -2.22. The van der Waals surface area contributed by atoms with Gasteiger partial charge in [-0.1, -0.05) is 19.1 Å². The molecule has 1 aromatic carbocycles. The summed E-state index contributed by atoms with van der Waals surface area (Å²) in [6.45, 7) is 2.31. The van der Waals surface area contributed by atoms with Crippen LogP contribution in [0.15, 0.2) is 24.3 Å². The second kappa shape index (κ2) is 7.54. The first-order valence-electron chi connectivity index (χ1n) is 7.44. The SMILES string of the molecule is CCC(=O)N1CSC[C@@H]1C(=O)NCc1ccc(N(C)C)cc1. The van der Waals surface area contributed by atoms with Gasteiger partial charge in [0, 0.05) is 38.5 Å². The van der Waals surface area contributed by atoms with Crippen LogP contribution in [0.4, 0.5) is 5.69 Å². The molecule has 120 valence electrons. The maximum absolute atomic E-state index is 12.3. The fourth-order valence-electron chi connectivity index (χ4n) is 2.33. The highest BCUT2D eigenvalue weighted by molar-refractivity contribution is 7.99. The molecular weight excluding hydrogens is 298 g/mol. The van der Waals surface area contributed by atoms with Gasteiger partial charge in [0.25, 0.3) is 0 Å². The molecule has 0 radical (unpaired) electrons. The molecule has 0 bridgehead atoms. The zero-order valence-corrected chi connectivity index (χ0v) is 14.2. The number of amides is 2. The Kier molecular flexibility index (Phi) is 5.71. The minimum absolute atomic E-state index is 0.0421. The Balaban J connectivity index is 1.90. The molecule has 6 heteroatoms. The third kappa shape index (κ3) is 3.94. The van der Waals surface area contributed by atoms with Gasteiger partial charge in [-0.15, -0.1) is 11.8 Å². The molecule has 1 aliphatic rings. The normalized spacial score (nSPS) is 17.4. The van der Waals surface area contributed by atoms with Crippen LogP contribution in [0.5, 0.6) is 0 Å². The Labute approximate surface area is 136 Å². The van der Waals surface area contributed by atoms with Crippen LogP contribution in [0.3, 0.4) is 0 Å². The summed E-state index contributed by atoms with van der Waals surface area (Å²) in [6.07, 6.45) is 0.441. The lowest BCUT2D eigenvalue weighted by molar-refractivity contribution is -0.137. The molecule has 0 unspecified atom stereocenters. The zero-order chi connectivity index (χ0) is 16.1. The summed E-state index contributed by atoms with van der Waals surface area (Å²) in [5.74, 6) is 1.27. The van der Waals surface area contributed by atoms with Crippen molar-refractivity contribution in [2.24, 2.45) is 0 Å². The molecule has 1 fully saturated rings. The molecule has 0 saturated carbocycles. The number of carbonyl (C=O) groups is 2. The van der Waals surface area contributed by atoms with Crippen LogP contribution in [0.2, 0.25) is 0 Å². The molecule has 2 amide bonds. The van der Waals surface area contributed by atoms with Crippen molar-refractivity contribution >= 4 is 29.3 Å². The first-order chi connectivity index (χ1) is 10.5. The van der Waals surface area contributed by atoms with Crippen molar-refractivity contribution in [2.75, 3.05) is 30.6 Å². The van der Waals surface area contributed by atoms with Crippen molar-refractivity contribution in [1.82, 2.24) is 10.2 Å². The van der Waals surface area contributed by atoms with Crippen LogP contribution in [-0.2, 0) is 16.1 Å². The minimum Gasteiger partial charge on any atom is -0.378 e. The molecule has 1 aromatic rings. The molecule has 5 nitrogen and oxygen atoms in total. The number of rotatable bonds is 5. The van der Waals surface area contributed by atoms with E-state index >= 15 is 0 Å². The molecule has 1 saturated heterocycles. The van der Waals surface area contributed by atoms with Gasteiger partial charge in [0.2, 0.25) is 11.8 Å². The van der Waals surface area contributed by atoms with E-state index < -0.39 is 0 Å². The van der Waals surface area contributed by atoms with E-state index in [9.17, 15) is 9.59 Å². The molecule has 1 aliphatic heterocycles. The summed E-state index contributed by atoms with van der Waals surface area (Å²) in [7, 11) is 3.99. The van der Waals surface area contributed by atoms with Gasteiger partial charge >= 0.3 is 0 Å². The Morgan fingerprint density at radius 2 is 2.00 bits per heavy atom. The lowest BCUT2D eigenvalue weighted by Crippen LogP contribution is -2.46. The number of carbonyl (C=O) groups excluding carboxylic acids is 2. The fraction of sp³-hybridized carbons (Fsp3) is 0.500. The molecular formula is C16H23N3O2S. The summed E-state index contributed by atoms with van der Waals surface area (Å²) < 4.78 is 0. The van der Waals surface area contributed by atoms with Crippen molar-refractivity contribution in [1.29, 1.82) is 0 Å². The topological polar surface area (TPSA) is 52.7 Å². The first kappa shape index (κ1) is 16.7. The second-order valence-corrected chi connectivity index (χ2v) is 6.51. The summed E-state index contributed by atoms with van der Waals surface area (Å²) in [5.41, 5.74) is 2.18. The number of hydrogen-bond acceptors (Lipinski definition) is 4. The number of nitrogens with zero attached hydrogens (tertiary/aromatic N) is 2. The number of benzene rings is 1. The van der Waals surface area contributed by atoms with Gasteiger partial charge in [0.05, 0.1) is 5.88 Å². The van der Waals surface area contributed by atoms with Gasteiger partial charge in [-0.05, 0) is 17.7 Å². The van der Waals surface area contributed by atoms with Crippen LogP contribution in [0.25, 0.3) is 0 Å². The minimum atomic E-state index is -0.335. The van der Waals surface area contributed by atoms with E-state index in [2.05, 4.69) is 5.32 Å². The van der Waals surface area contributed by atoms with Gasteiger partial charge in [-0.25, -0.2) is 0 Å². The van der Waals surface area contributed by atoms with Gasteiger partial charge < -0.3 is 15.1 Å². The fourth-order valence-corrected chi connectivity index (χ4v) is 3.51. The highest BCUT2D eigenvalue weighted by Crippen LogP contribution is 2.22. The van der Waals surface area contributed by atoms with E-state index in [0.717, 1.165) is 11.3 Å². The largest absolute Gasteiger partial charge is 0.378 e. The van der Waals surface area contributed by atoms with Crippen molar-refractivity contribution in [3.8, 4) is 0 Å². The average molecular weight is 321 g/mol. The summed E-state index contributed by atoms with van der Waals surface area (Å²) in [6, 6.07) is 7.74. The van der Waals surface area contributed by atoms with Crippen LogP contribution in [-0.4, -0.2) is 48.5 Å². The molecule has 0 spiro atoms. The predicted octanol–water partition coefficient (Wildman–Crippen LogP) is 1.68. The maximum atomic E-state index is 12.3. The number of hydrogen-bond donors (Lipinski definition) is 1. The smallest absolute Gasteiger partial charge is 0.243 e. The van der Waals surface area contributed by atoms with E-state index in [1.165, 1.54) is 0 Å². The van der Waals surface area contributed by atoms with Gasteiger partial charge in [0.15, 0.2) is 0 Å². The predicted molar refractivity (Wildman–Crippen MR) is 90.9 cm³/mol. The number of anilines is 1. The first-order valence-corrected chi connectivity index (χ1v) is 8.59. The highest BCUT2D eigenvalue weighted by atomic mass is 32.2. The Bertz CT molecular complexity index is 531. The van der Waals surface area contributed by atoms with Gasteiger partial charge in [-0.3, -0.25) is 9.59 Å². The molecule has 22 heavy (non-hydrogen) atoms.